The molecule has 2 aromatic carbocycles. The van der Waals surface area contributed by atoms with Crippen LogP contribution in [0.5, 0.6) is 0 Å². The second kappa shape index (κ2) is 9.32. The minimum atomic E-state index is -1.09. The Morgan fingerprint density at radius 3 is 1.84 bits per heavy atom. The fraction of sp³-hybridized carbons (Fsp3) is 0.250. The highest BCUT2D eigenvalue weighted by atomic mass is 127. The van der Waals surface area contributed by atoms with Gasteiger partial charge in [-0.25, -0.2) is 0 Å². The number of carbonyl (C=O) groups is 3. The van der Waals surface area contributed by atoms with Crippen molar-refractivity contribution in [2.45, 2.75) is 32.2 Å². The molecule has 2 heterocycles. The molecular weight excluding hydrogens is 529 g/mol. The molecule has 0 bridgehead atoms. The molecule has 0 radical (unpaired) electrons. The van der Waals surface area contributed by atoms with Crippen molar-refractivity contribution in [1.29, 1.82) is 0 Å². The molecule has 2 aliphatic heterocycles. The number of benzene rings is 2. The molecule has 4 rings (SSSR count). The fourth-order valence-electron chi connectivity index (χ4n) is 3.69. The van der Waals surface area contributed by atoms with E-state index in [4.69, 9.17) is 9.31 Å². The normalized spacial score (nSPS) is 16.2. The second-order valence-corrected chi connectivity index (χ2v) is 8.73. The van der Waals surface area contributed by atoms with Gasteiger partial charge in [0.25, 0.3) is 11.8 Å². The number of amides is 2. The predicted molar refractivity (Wildman–Crippen MR) is 125 cm³/mol. The summed E-state index contributed by atoms with van der Waals surface area (Å²) in [7, 11) is -2.16. The van der Waals surface area contributed by atoms with Crippen LogP contribution in [0.1, 0.15) is 38.8 Å². The lowest BCUT2D eigenvalue weighted by atomic mass is 9.78. The van der Waals surface area contributed by atoms with Gasteiger partial charge in [-0.1, -0.05) is 12.1 Å². The lowest BCUT2D eigenvalue weighted by molar-refractivity contribution is -0.111. The van der Waals surface area contributed by atoms with E-state index in [2.05, 4.69) is 10.6 Å². The van der Waals surface area contributed by atoms with Crippen LogP contribution in [0.15, 0.2) is 36.4 Å². The smallest absolute Gasteiger partial charge is 0.423 e. The molecule has 0 aromatic heterocycles. The quantitative estimate of drug-likeness (QED) is 0.207. The summed E-state index contributed by atoms with van der Waals surface area (Å²) in [5.41, 5.74) is 3.21. The molecule has 2 aromatic rings. The topological polar surface area (TPSA) is 134 Å². The minimum absolute atomic E-state index is 0.266. The number of halogens is 1. The molecular formula is C20H19B2IN2O7. The van der Waals surface area contributed by atoms with Crippen molar-refractivity contribution in [2.75, 3.05) is 0 Å². The van der Waals surface area contributed by atoms with Gasteiger partial charge in [0.1, 0.15) is 6.04 Å². The maximum atomic E-state index is 12.7. The summed E-state index contributed by atoms with van der Waals surface area (Å²) in [5, 5.41) is 25.1. The Morgan fingerprint density at radius 2 is 1.38 bits per heavy atom. The summed E-state index contributed by atoms with van der Waals surface area (Å²) in [6.45, 7) is 2.16. The largest absolute Gasteiger partial charge is 0.491 e. The lowest BCUT2D eigenvalue weighted by Gasteiger charge is -2.23. The molecule has 0 aliphatic carbocycles. The zero-order valence-corrected chi connectivity index (χ0v) is 19.2. The van der Waals surface area contributed by atoms with E-state index in [0.29, 0.717) is 16.5 Å². The van der Waals surface area contributed by atoms with Crippen LogP contribution in [0.2, 0.25) is 0 Å². The molecule has 32 heavy (non-hydrogen) atoms. The van der Waals surface area contributed by atoms with Crippen LogP contribution in [0.3, 0.4) is 0 Å². The molecule has 0 fully saturated rings. The first-order chi connectivity index (χ1) is 15.2. The summed E-state index contributed by atoms with van der Waals surface area (Å²) in [6.07, 6.45) is 0. The van der Waals surface area contributed by atoms with Gasteiger partial charge in [0.15, 0.2) is 0 Å². The third-order valence-corrected chi connectivity index (χ3v) is 6.20. The standard InChI is InChI=1S/C20H19B2IN2O7/c1-10(24-19(27)11-2-4-13-8-31-21(29)15(13)6-11)17(18(23)26)25-20(28)12-3-5-14-9-32-22(30)16(14)7-12/h2-7,10,17,29-30H,8-9H2,1H3,(H,24,27)(H,25,28)/t10-,17-/m0/s1. The third-order valence-electron chi connectivity index (χ3n) is 5.53. The zero-order valence-electron chi connectivity index (χ0n) is 17.0. The van der Waals surface area contributed by atoms with Gasteiger partial charge in [-0.2, -0.15) is 0 Å². The van der Waals surface area contributed by atoms with Crippen molar-refractivity contribution in [3.8, 4) is 0 Å². The first-order valence-corrected chi connectivity index (χ1v) is 11.0. The van der Waals surface area contributed by atoms with E-state index in [1.807, 2.05) is 0 Å². The molecule has 0 spiro atoms. The first kappa shape index (κ1) is 22.9. The fourth-order valence-corrected chi connectivity index (χ4v) is 4.38. The Morgan fingerprint density at radius 1 is 0.906 bits per heavy atom. The van der Waals surface area contributed by atoms with Crippen LogP contribution in [0.4, 0.5) is 0 Å². The highest BCUT2D eigenvalue weighted by molar-refractivity contribution is 14.1. The van der Waals surface area contributed by atoms with Gasteiger partial charge in [0, 0.05) is 33.7 Å². The molecule has 0 saturated heterocycles. The Labute approximate surface area is 198 Å². The van der Waals surface area contributed by atoms with Crippen molar-refractivity contribution in [3.05, 3.63) is 58.7 Å². The molecule has 164 valence electrons. The van der Waals surface area contributed by atoms with Gasteiger partial charge in [-0.15, -0.1) is 0 Å². The summed E-state index contributed by atoms with van der Waals surface area (Å²) in [4.78, 5) is 37.7. The number of nitrogens with one attached hydrogen (secondary N) is 2. The van der Waals surface area contributed by atoms with Crippen molar-refractivity contribution in [2.24, 2.45) is 0 Å². The van der Waals surface area contributed by atoms with E-state index >= 15 is 0 Å². The molecule has 4 N–H and O–H groups in total. The zero-order chi connectivity index (χ0) is 23.0. The van der Waals surface area contributed by atoms with Gasteiger partial charge in [-0.3, -0.25) is 14.4 Å². The van der Waals surface area contributed by atoms with Gasteiger partial charge < -0.3 is 30.0 Å². The number of carbonyl (C=O) groups excluding carboxylic acids is 3. The van der Waals surface area contributed by atoms with E-state index in [0.717, 1.165) is 11.1 Å². The molecule has 0 unspecified atom stereocenters. The average Bonchev–Trinajstić information content (AvgIpc) is 3.33. The van der Waals surface area contributed by atoms with Crippen LogP contribution in [0.25, 0.3) is 0 Å². The molecule has 12 heteroatoms. The van der Waals surface area contributed by atoms with Gasteiger partial charge in [0.2, 0.25) is 3.79 Å². The molecule has 2 amide bonds. The van der Waals surface area contributed by atoms with Crippen LogP contribution >= 0.6 is 22.6 Å². The number of hydrogen-bond donors (Lipinski definition) is 4. The van der Waals surface area contributed by atoms with E-state index in [1.165, 1.54) is 6.07 Å². The summed E-state index contributed by atoms with van der Waals surface area (Å²) < 4.78 is 9.91. The lowest BCUT2D eigenvalue weighted by Crippen LogP contribution is -2.53. The highest BCUT2D eigenvalue weighted by Crippen LogP contribution is 2.14. The van der Waals surface area contributed by atoms with Crippen molar-refractivity contribution in [1.82, 2.24) is 10.6 Å². The second-order valence-electron chi connectivity index (χ2n) is 7.67. The van der Waals surface area contributed by atoms with E-state index in [9.17, 15) is 24.4 Å². The number of fused-ring (bicyclic) bond motifs is 2. The SMILES string of the molecule is C[C@H](NC(=O)c1ccc2c(c1)B(O)OC2)[C@H](NC(=O)c1ccc2c(c1)B(O)OC2)C(=O)I. The Bertz CT molecular complexity index is 1100. The van der Waals surface area contributed by atoms with Crippen molar-refractivity contribution >= 4 is 63.4 Å². The van der Waals surface area contributed by atoms with E-state index in [-0.39, 0.29) is 22.6 Å². The summed E-state index contributed by atoms with van der Waals surface area (Å²) in [5.74, 6) is -0.963. The highest BCUT2D eigenvalue weighted by Gasteiger charge is 2.31. The molecule has 2 atom stereocenters. The van der Waals surface area contributed by atoms with Crippen molar-refractivity contribution in [3.63, 3.8) is 0 Å². The van der Waals surface area contributed by atoms with Gasteiger partial charge in [-0.05, 0) is 53.2 Å². The maximum absolute atomic E-state index is 12.7. The van der Waals surface area contributed by atoms with Gasteiger partial charge >= 0.3 is 14.2 Å². The Balaban J connectivity index is 1.45. The monoisotopic (exact) mass is 548 g/mol. The Hall–Kier alpha value is -2.25. The van der Waals surface area contributed by atoms with Crippen LogP contribution in [-0.4, -0.2) is 52.0 Å². The third kappa shape index (κ3) is 4.59. The molecule has 2 aliphatic rings. The average molecular weight is 548 g/mol. The maximum Gasteiger partial charge on any atom is 0.491 e. The first-order valence-electron chi connectivity index (χ1n) is 9.90. The minimum Gasteiger partial charge on any atom is -0.423 e. The Kier molecular flexibility index (Phi) is 6.67. The van der Waals surface area contributed by atoms with Gasteiger partial charge in [0.05, 0.1) is 19.3 Å². The molecule has 0 saturated carbocycles. The summed E-state index contributed by atoms with van der Waals surface area (Å²) >= 11 is 1.58. The van der Waals surface area contributed by atoms with E-state index in [1.54, 1.807) is 59.8 Å². The van der Waals surface area contributed by atoms with Crippen LogP contribution < -0.4 is 21.6 Å². The molecule has 9 nitrogen and oxygen atoms in total. The predicted octanol–water partition coefficient (Wildman–Crippen LogP) is -0.999. The van der Waals surface area contributed by atoms with Crippen molar-refractivity contribution < 1.29 is 33.7 Å². The van der Waals surface area contributed by atoms with Crippen LogP contribution in [0, 0.1) is 0 Å². The number of hydrogen-bond acceptors (Lipinski definition) is 7. The summed E-state index contributed by atoms with van der Waals surface area (Å²) in [6, 6.07) is 7.98. The van der Waals surface area contributed by atoms with E-state index < -0.39 is 38.1 Å². The number of rotatable bonds is 6. The van der Waals surface area contributed by atoms with Crippen LogP contribution in [-0.2, 0) is 27.3 Å².